The third kappa shape index (κ3) is 2.55. The molecule has 0 fully saturated rings. The van der Waals surface area contributed by atoms with Gasteiger partial charge in [0.25, 0.3) is 0 Å². The van der Waals surface area contributed by atoms with Gasteiger partial charge in [-0.2, -0.15) is 4.98 Å². The maximum atomic E-state index is 5.98. The van der Waals surface area contributed by atoms with Gasteiger partial charge in [0.1, 0.15) is 5.76 Å². The van der Waals surface area contributed by atoms with E-state index in [1.54, 1.807) is 6.26 Å². The summed E-state index contributed by atoms with van der Waals surface area (Å²) in [5.74, 6) is 2.28. The Hall–Kier alpha value is -1.62. The topological polar surface area (TPSA) is 78.1 Å². The molecule has 2 heterocycles. The lowest BCUT2D eigenvalue weighted by Gasteiger charge is -2.08. The van der Waals surface area contributed by atoms with Crippen molar-refractivity contribution in [2.75, 3.05) is 0 Å². The molecule has 2 rings (SSSR count). The van der Waals surface area contributed by atoms with Crippen LogP contribution in [0.3, 0.4) is 0 Å². The van der Waals surface area contributed by atoms with E-state index >= 15 is 0 Å². The summed E-state index contributed by atoms with van der Waals surface area (Å²) in [5.41, 5.74) is 6.83. The van der Waals surface area contributed by atoms with Crippen LogP contribution in [0.4, 0.5) is 0 Å². The molecule has 0 aliphatic heterocycles. The third-order valence-electron chi connectivity index (χ3n) is 2.58. The molecule has 0 saturated carbocycles. The zero-order valence-corrected chi connectivity index (χ0v) is 10.3. The first-order valence-corrected chi connectivity index (χ1v) is 5.71. The molecule has 0 saturated heterocycles. The van der Waals surface area contributed by atoms with E-state index in [0.29, 0.717) is 17.6 Å². The van der Waals surface area contributed by atoms with Gasteiger partial charge in [0.05, 0.1) is 17.9 Å². The van der Waals surface area contributed by atoms with Crippen LogP contribution in [0.25, 0.3) is 11.4 Å². The Bertz CT molecular complexity index is 487. The molecular weight excluding hydrogens is 218 g/mol. The van der Waals surface area contributed by atoms with Crippen LogP contribution in [0.5, 0.6) is 0 Å². The van der Waals surface area contributed by atoms with Crippen LogP contribution < -0.4 is 5.73 Å². The van der Waals surface area contributed by atoms with Crippen LogP contribution in [0.2, 0.25) is 0 Å². The maximum Gasteiger partial charge on any atom is 0.243 e. The van der Waals surface area contributed by atoms with Gasteiger partial charge in [-0.05, 0) is 25.3 Å². The number of rotatable bonds is 4. The smallest absolute Gasteiger partial charge is 0.243 e. The Morgan fingerprint density at radius 3 is 2.76 bits per heavy atom. The van der Waals surface area contributed by atoms with Gasteiger partial charge in [0, 0.05) is 0 Å². The molecule has 17 heavy (non-hydrogen) atoms. The summed E-state index contributed by atoms with van der Waals surface area (Å²) in [5, 5.41) is 3.92. The lowest BCUT2D eigenvalue weighted by atomic mass is 10.0. The minimum atomic E-state index is -0.205. The van der Waals surface area contributed by atoms with Crippen molar-refractivity contribution in [1.29, 1.82) is 0 Å². The van der Waals surface area contributed by atoms with Crippen molar-refractivity contribution in [3.8, 4) is 11.4 Å². The van der Waals surface area contributed by atoms with Crippen molar-refractivity contribution in [1.82, 2.24) is 10.1 Å². The summed E-state index contributed by atoms with van der Waals surface area (Å²) < 4.78 is 10.4. The van der Waals surface area contributed by atoms with Crippen molar-refractivity contribution < 1.29 is 8.94 Å². The summed E-state index contributed by atoms with van der Waals surface area (Å²) in [6, 6.07) is 1.61. The van der Waals surface area contributed by atoms with Crippen LogP contribution in [-0.2, 0) is 0 Å². The molecule has 0 amide bonds. The summed E-state index contributed by atoms with van der Waals surface area (Å²) in [6.45, 7) is 6.08. The average Bonchev–Trinajstić information content (AvgIpc) is 2.84. The Morgan fingerprint density at radius 1 is 1.41 bits per heavy atom. The molecule has 0 radical (unpaired) electrons. The van der Waals surface area contributed by atoms with E-state index < -0.39 is 0 Å². The van der Waals surface area contributed by atoms with E-state index in [4.69, 9.17) is 14.7 Å². The standard InChI is InChI=1S/C12H17N3O2/c1-7(2)6-10(13)12-14-11(15-17-12)9-4-5-16-8(9)3/h4-5,7,10H,6,13H2,1-3H3/t10-/m1/s1. The molecule has 0 aliphatic rings. The highest BCUT2D eigenvalue weighted by atomic mass is 16.5. The minimum absolute atomic E-state index is 0.205. The summed E-state index contributed by atoms with van der Waals surface area (Å²) >= 11 is 0. The van der Waals surface area contributed by atoms with Crippen molar-refractivity contribution in [3.63, 3.8) is 0 Å². The van der Waals surface area contributed by atoms with E-state index in [1.807, 2.05) is 13.0 Å². The first kappa shape index (κ1) is 11.9. The lowest BCUT2D eigenvalue weighted by Crippen LogP contribution is -2.13. The second-order valence-electron chi connectivity index (χ2n) is 4.58. The van der Waals surface area contributed by atoms with Gasteiger partial charge >= 0.3 is 0 Å². The first-order valence-electron chi connectivity index (χ1n) is 5.71. The quantitative estimate of drug-likeness (QED) is 0.881. The molecule has 2 aromatic heterocycles. The fourth-order valence-corrected chi connectivity index (χ4v) is 1.72. The normalized spacial score (nSPS) is 13.2. The van der Waals surface area contributed by atoms with Crippen LogP contribution in [0.1, 0.15) is 38.0 Å². The number of furan rings is 1. The molecule has 92 valence electrons. The van der Waals surface area contributed by atoms with Crippen molar-refractivity contribution >= 4 is 0 Å². The fourth-order valence-electron chi connectivity index (χ4n) is 1.72. The number of nitrogens with two attached hydrogens (primary N) is 1. The third-order valence-corrected chi connectivity index (χ3v) is 2.58. The summed E-state index contributed by atoms with van der Waals surface area (Å²) in [6.07, 6.45) is 2.43. The summed E-state index contributed by atoms with van der Waals surface area (Å²) in [4.78, 5) is 4.30. The number of hydrogen-bond acceptors (Lipinski definition) is 5. The maximum absolute atomic E-state index is 5.98. The minimum Gasteiger partial charge on any atom is -0.469 e. The second kappa shape index (κ2) is 4.71. The van der Waals surface area contributed by atoms with Crippen LogP contribution in [0, 0.1) is 12.8 Å². The highest BCUT2D eigenvalue weighted by Gasteiger charge is 2.18. The molecule has 2 aromatic rings. The van der Waals surface area contributed by atoms with Gasteiger partial charge in [-0.25, -0.2) is 0 Å². The van der Waals surface area contributed by atoms with E-state index in [2.05, 4.69) is 24.0 Å². The van der Waals surface area contributed by atoms with Crippen LogP contribution in [-0.4, -0.2) is 10.1 Å². The molecule has 0 spiro atoms. The lowest BCUT2D eigenvalue weighted by molar-refractivity contribution is 0.335. The number of hydrogen-bond donors (Lipinski definition) is 1. The fraction of sp³-hybridized carbons (Fsp3) is 0.500. The predicted molar refractivity (Wildman–Crippen MR) is 63.1 cm³/mol. The average molecular weight is 235 g/mol. The highest BCUT2D eigenvalue weighted by molar-refractivity contribution is 5.56. The second-order valence-corrected chi connectivity index (χ2v) is 4.58. The van der Waals surface area contributed by atoms with Crippen molar-refractivity contribution in [3.05, 3.63) is 24.0 Å². The van der Waals surface area contributed by atoms with Gasteiger partial charge in [-0.1, -0.05) is 19.0 Å². The Balaban J connectivity index is 2.19. The van der Waals surface area contributed by atoms with Crippen molar-refractivity contribution in [2.24, 2.45) is 11.7 Å². The van der Waals surface area contributed by atoms with Gasteiger partial charge in [0.2, 0.25) is 11.7 Å². The van der Waals surface area contributed by atoms with E-state index in [9.17, 15) is 0 Å². The van der Waals surface area contributed by atoms with E-state index in [0.717, 1.165) is 17.7 Å². The Labute approximate surface area is 100.0 Å². The zero-order chi connectivity index (χ0) is 12.4. The molecular formula is C12H17N3O2. The van der Waals surface area contributed by atoms with Crippen LogP contribution in [0.15, 0.2) is 21.3 Å². The Kier molecular flexibility index (Phi) is 3.28. The Morgan fingerprint density at radius 2 is 2.18 bits per heavy atom. The molecule has 1 atom stereocenters. The molecule has 0 bridgehead atoms. The van der Waals surface area contributed by atoms with Gasteiger partial charge < -0.3 is 14.7 Å². The predicted octanol–water partition coefficient (Wildman–Crippen LogP) is 2.68. The zero-order valence-electron chi connectivity index (χ0n) is 10.3. The van der Waals surface area contributed by atoms with Gasteiger partial charge in [-0.15, -0.1) is 0 Å². The summed E-state index contributed by atoms with van der Waals surface area (Å²) in [7, 11) is 0. The van der Waals surface area contributed by atoms with E-state index in [1.165, 1.54) is 0 Å². The number of nitrogens with zero attached hydrogens (tertiary/aromatic N) is 2. The van der Waals surface area contributed by atoms with Crippen molar-refractivity contribution in [2.45, 2.75) is 33.2 Å². The molecule has 5 nitrogen and oxygen atoms in total. The van der Waals surface area contributed by atoms with Crippen LogP contribution >= 0.6 is 0 Å². The molecule has 0 aromatic carbocycles. The molecule has 5 heteroatoms. The first-order chi connectivity index (χ1) is 8.08. The molecule has 0 unspecified atom stereocenters. The van der Waals surface area contributed by atoms with Gasteiger partial charge in [-0.3, -0.25) is 0 Å². The highest BCUT2D eigenvalue weighted by Crippen LogP contribution is 2.24. The number of aryl methyl sites for hydroxylation is 1. The van der Waals surface area contributed by atoms with Gasteiger partial charge in [0.15, 0.2) is 0 Å². The molecule has 0 aliphatic carbocycles. The number of aromatic nitrogens is 2. The SMILES string of the molecule is Cc1occc1-c1noc([C@H](N)CC(C)C)n1. The largest absolute Gasteiger partial charge is 0.469 e. The van der Waals surface area contributed by atoms with E-state index in [-0.39, 0.29) is 6.04 Å². The monoisotopic (exact) mass is 235 g/mol. The molecule has 2 N–H and O–H groups in total.